The minimum Gasteiger partial charge on any atom is -0.382 e. The van der Waals surface area contributed by atoms with Crippen LogP contribution in [0.1, 0.15) is 43.0 Å². The van der Waals surface area contributed by atoms with Gasteiger partial charge in [0, 0.05) is 18.3 Å². The molecule has 4 nitrogen and oxygen atoms in total. The van der Waals surface area contributed by atoms with Crippen molar-refractivity contribution in [2.24, 2.45) is 5.73 Å². The Balaban J connectivity index is 1.99. The number of hydrogen-bond donors (Lipinski definition) is 2. The highest BCUT2D eigenvalue weighted by Gasteiger charge is 2.22. The molecule has 2 rings (SSSR count). The van der Waals surface area contributed by atoms with Gasteiger partial charge in [-0.1, -0.05) is 24.9 Å². The van der Waals surface area contributed by atoms with Crippen molar-refractivity contribution in [2.75, 3.05) is 11.9 Å². The molecule has 0 saturated carbocycles. The van der Waals surface area contributed by atoms with Crippen LogP contribution in [0.3, 0.4) is 0 Å². The Labute approximate surface area is 124 Å². The number of hydrogen-bond acceptors (Lipinski definition) is 3. The normalized spacial score (nSPS) is 22.5. The lowest BCUT2D eigenvalue weighted by Crippen LogP contribution is -2.34. The molecular formula is C15H21ClN2O2. The summed E-state index contributed by atoms with van der Waals surface area (Å²) in [5.74, 6) is -0.504. The summed E-state index contributed by atoms with van der Waals surface area (Å²) < 4.78 is 5.73. The van der Waals surface area contributed by atoms with Crippen LogP contribution in [0.15, 0.2) is 18.2 Å². The third kappa shape index (κ3) is 3.87. The number of halogens is 1. The van der Waals surface area contributed by atoms with Crippen molar-refractivity contribution in [3.8, 4) is 0 Å². The molecule has 2 unspecified atom stereocenters. The van der Waals surface area contributed by atoms with Crippen LogP contribution in [0.2, 0.25) is 5.02 Å². The molecule has 1 aliphatic heterocycles. The summed E-state index contributed by atoms with van der Waals surface area (Å²) in [6.07, 6.45) is 4.56. The van der Waals surface area contributed by atoms with Gasteiger partial charge in [-0.2, -0.15) is 0 Å². The Morgan fingerprint density at radius 1 is 1.55 bits per heavy atom. The van der Waals surface area contributed by atoms with Gasteiger partial charge in [-0.05, 0) is 37.5 Å². The van der Waals surface area contributed by atoms with Gasteiger partial charge in [0.2, 0.25) is 5.91 Å². The summed E-state index contributed by atoms with van der Waals surface area (Å²) in [7, 11) is 0. The Kier molecular flexibility index (Phi) is 5.26. The van der Waals surface area contributed by atoms with Gasteiger partial charge in [0.1, 0.15) is 0 Å². The van der Waals surface area contributed by atoms with E-state index in [1.807, 2.05) is 6.07 Å². The van der Waals surface area contributed by atoms with Crippen LogP contribution in [0.5, 0.6) is 0 Å². The van der Waals surface area contributed by atoms with E-state index in [4.69, 9.17) is 22.1 Å². The third-order valence-electron chi connectivity index (χ3n) is 3.58. The topological polar surface area (TPSA) is 64.3 Å². The second-order valence-electron chi connectivity index (χ2n) is 5.21. The first-order chi connectivity index (χ1) is 9.60. The number of carbonyl (C=O) groups excluding carboxylic acids is 1. The van der Waals surface area contributed by atoms with Crippen LogP contribution in [-0.2, 0) is 4.74 Å². The van der Waals surface area contributed by atoms with Crippen molar-refractivity contribution in [3.63, 3.8) is 0 Å². The molecule has 1 aromatic carbocycles. The van der Waals surface area contributed by atoms with E-state index in [1.165, 1.54) is 0 Å². The maximum atomic E-state index is 11.1. The predicted octanol–water partition coefficient (Wildman–Crippen LogP) is 3.20. The highest BCUT2D eigenvalue weighted by Crippen LogP contribution is 2.25. The fraction of sp³-hybridized carbons (Fsp3) is 0.533. The first-order valence-electron chi connectivity index (χ1n) is 7.07. The van der Waals surface area contributed by atoms with Crippen LogP contribution in [0.25, 0.3) is 0 Å². The van der Waals surface area contributed by atoms with E-state index in [0.29, 0.717) is 22.7 Å². The van der Waals surface area contributed by atoms with Gasteiger partial charge in [-0.15, -0.1) is 0 Å². The summed E-state index contributed by atoms with van der Waals surface area (Å²) in [6, 6.07) is 5.65. The zero-order valence-electron chi connectivity index (χ0n) is 11.7. The van der Waals surface area contributed by atoms with E-state index < -0.39 is 5.91 Å². The van der Waals surface area contributed by atoms with Crippen LogP contribution < -0.4 is 11.1 Å². The monoisotopic (exact) mass is 296 g/mol. The average Bonchev–Trinajstić information content (AvgIpc) is 2.39. The number of rotatable bonds is 5. The molecule has 1 saturated heterocycles. The standard InChI is InChI=1S/C15H21ClN2O2/c1-2-3-12-8-11(6-7-20-12)18-10-4-5-13(15(17)19)14(16)9-10/h4-5,9,11-12,18H,2-3,6-8H2,1H3,(H2,17,19). The molecule has 2 atom stereocenters. The number of nitrogens with one attached hydrogen (secondary N) is 1. The molecule has 0 radical (unpaired) electrons. The molecule has 3 N–H and O–H groups in total. The second kappa shape index (κ2) is 6.95. The van der Waals surface area contributed by atoms with Gasteiger partial charge in [0.25, 0.3) is 0 Å². The van der Waals surface area contributed by atoms with Crippen LogP contribution in [0, 0.1) is 0 Å². The van der Waals surface area contributed by atoms with Crippen LogP contribution in [-0.4, -0.2) is 24.7 Å². The molecule has 1 amide bonds. The van der Waals surface area contributed by atoms with Crippen LogP contribution >= 0.6 is 11.6 Å². The first kappa shape index (κ1) is 15.1. The number of benzene rings is 1. The molecule has 20 heavy (non-hydrogen) atoms. The smallest absolute Gasteiger partial charge is 0.250 e. The van der Waals surface area contributed by atoms with Gasteiger partial charge in [0.05, 0.1) is 16.7 Å². The van der Waals surface area contributed by atoms with Gasteiger partial charge in [-0.25, -0.2) is 0 Å². The maximum Gasteiger partial charge on any atom is 0.250 e. The minimum absolute atomic E-state index is 0.339. The summed E-state index contributed by atoms with van der Waals surface area (Å²) in [6.45, 7) is 2.96. The van der Waals surface area contributed by atoms with E-state index in [9.17, 15) is 4.79 Å². The number of carbonyl (C=O) groups is 1. The van der Waals surface area contributed by atoms with E-state index in [2.05, 4.69) is 12.2 Å². The molecule has 1 heterocycles. The molecule has 0 spiro atoms. The molecule has 1 fully saturated rings. The SMILES string of the molecule is CCCC1CC(Nc2ccc(C(N)=O)c(Cl)c2)CCO1. The fourth-order valence-corrected chi connectivity index (χ4v) is 2.85. The molecule has 0 aromatic heterocycles. The van der Waals surface area contributed by atoms with Crippen molar-refractivity contribution in [2.45, 2.75) is 44.8 Å². The highest BCUT2D eigenvalue weighted by atomic mass is 35.5. The number of anilines is 1. The van der Waals surface area contributed by atoms with Gasteiger partial charge >= 0.3 is 0 Å². The number of amides is 1. The summed E-state index contributed by atoms with van der Waals surface area (Å²) in [5.41, 5.74) is 6.51. The first-order valence-corrected chi connectivity index (χ1v) is 7.45. The second-order valence-corrected chi connectivity index (χ2v) is 5.61. The number of primary amides is 1. The third-order valence-corrected chi connectivity index (χ3v) is 3.90. The fourth-order valence-electron chi connectivity index (χ4n) is 2.57. The zero-order valence-corrected chi connectivity index (χ0v) is 12.5. The largest absolute Gasteiger partial charge is 0.382 e. The average molecular weight is 297 g/mol. The lowest BCUT2D eigenvalue weighted by atomic mass is 10.00. The lowest BCUT2D eigenvalue weighted by molar-refractivity contribution is 0.00598. The summed E-state index contributed by atoms with van der Waals surface area (Å²) in [5, 5.41) is 3.85. The Morgan fingerprint density at radius 2 is 2.35 bits per heavy atom. The van der Waals surface area contributed by atoms with Crippen molar-refractivity contribution in [1.82, 2.24) is 0 Å². The molecule has 1 aromatic rings. The molecular weight excluding hydrogens is 276 g/mol. The highest BCUT2D eigenvalue weighted by molar-refractivity contribution is 6.34. The van der Waals surface area contributed by atoms with E-state index in [1.54, 1.807) is 12.1 Å². The lowest BCUT2D eigenvalue weighted by Gasteiger charge is -2.30. The minimum atomic E-state index is -0.504. The quantitative estimate of drug-likeness (QED) is 0.877. The Morgan fingerprint density at radius 3 is 3.00 bits per heavy atom. The van der Waals surface area contributed by atoms with Gasteiger partial charge < -0.3 is 15.8 Å². The van der Waals surface area contributed by atoms with Gasteiger partial charge in [-0.3, -0.25) is 4.79 Å². The van der Waals surface area contributed by atoms with E-state index >= 15 is 0 Å². The molecule has 5 heteroatoms. The van der Waals surface area contributed by atoms with Crippen LogP contribution in [0.4, 0.5) is 5.69 Å². The van der Waals surface area contributed by atoms with Crippen molar-refractivity contribution in [1.29, 1.82) is 0 Å². The predicted molar refractivity (Wildman–Crippen MR) is 81.3 cm³/mol. The zero-order chi connectivity index (χ0) is 14.5. The molecule has 110 valence electrons. The molecule has 0 aliphatic carbocycles. The Hall–Kier alpha value is -1.26. The summed E-state index contributed by atoms with van der Waals surface area (Å²) >= 11 is 6.05. The number of nitrogens with two attached hydrogens (primary N) is 1. The maximum absolute atomic E-state index is 11.1. The van der Waals surface area contributed by atoms with Gasteiger partial charge in [0.15, 0.2) is 0 Å². The Bertz CT molecular complexity index is 477. The van der Waals surface area contributed by atoms with E-state index in [0.717, 1.165) is 38.0 Å². The number of ether oxygens (including phenoxy) is 1. The van der Waals surface area contributed by atoms with Crippen molar-refractivity contribution < 1.29 is 9.53 Å². The van der Waals surface area contributed by atoms with Crippen molar-refractivity contribution in [3.05, 3.63) is 28.8 Å². The molecule has 0 bridgehead atoms. The van der Waals surface area contributed by atoms with Crippen molar-refractivity contribution >= 4 is 23.2 Å². The van der Waals surface area contributed by atoms with E-state index in [-0.39, 0.29) is 0 Å². The molecule has 1 aliphatic rings. The summed E-state index contributed by atoms with van der Waals surface area (Å²) in [4.78, 5) is 11.1.